The van der Waals surface area contributed by atoms with Crippen LogP contribution in [-0.4, -0.2) is 87.9 Å². The molecule has 2 aromatic carbocycles. The molecule has 0 fully saturated rings. The molecule has 0 heterocycles. The van der Waals surface area contributed by atoms with Gasteiger partial charge in [-0.3, -0.25) is 9.59 Å². The summed E-state index contributed by atoms with van der Waals surface area (Å²) in [7, 11) is 0. The fourth-order valence-electron chi connectivity index (χ4n) is 4.26. The molecule has 0 saturated heterocycles. The van der Waals surface area contributed by atoms with Gasteiger partial charge in [-0.2, -0.15) is 0 Å². The molecule has 0 spiro atoms. The summed E-state index contributed by atoms with van der Waals surface area (Å²) in [4.78, 5) is 50.3. The molecule has 2 rings (SSSR count). The number of carbonyl (C=O) groups is 4. The van der Waals surface area contributed by atoms with Gasteiger partial charge in [0.2, 0.25) is 11.8 Å². The summed E-state index contributed by atoms with van der Waals surface area (Å²) in [6.45, 7) is 13.7. The van der Waals surface area contributed by atoms with Crippen molar-refractivity contribution in [1.29, 1.82) is 0 Å². The molecule has 272 valence electrons. The zero-order chi connectivity index (χ0) is 36.1. The van der Waals surface area contributed by atoms with Gasteiger partial charge in [0.05, 0.1) is 26.4 Å². The maximum atomic E-state index is 12.9. The van der Waals surface area contributed by atoms with Crippen LogP contribution in [0.15, 0.2) is 60.7 Å². The minimum atomic E-state index is -0.883. The molecular weight excluding hydrogens is 632 g/mol. The van der Waals surface area contributed by atoms with Crippen molar-refractivity contribution in [2.24, 2.45) is 0 Å². The van der Waals surface area contributed by atoms with E-state index < -0.39 is 35.5 Å². The Morgan fingerprint density at radius 2 is 0.857 bits per heavy atom. The molecule has 0 aliphatic heterocycles. The number of amides is 4. The largest absolute Gasteiger partial charge is 0.444 e. The Bertz CT molecular complexity index is 1170. The molecule has 0 aromatic heterocycles. The number of hydrogen-bond donors (Lipinski definition) is 4. The van der Waals surface area contributed by atoms with E-state index in [1.807, 2.05) is 12.1 Å². The zero-order valence-electron chi connectivity index (χ0n) is 29.7. The van der Waals surface area contributed by atoms with Gasteiger partial charge in [-0.1, -0.05) is 60.7 Å². The van der Waals surface area contributed by atoms with Crippen LogP contribution in [0.4, 0.5) is 9.59 Å². The number of rotatable bonds is 20. The van der Waals surface area contributed by atoms with Crippen molar-refractivity contribution in [3.05, 3.63) is 71.8 Å². The third-order valence-corrected chi connectivity index (χ3v) is 6.39. The van der Waals surface area contributed by atoms with E-state index in [4.69, 9.17) is 23.7 Å². The SMILES string of the molecule is CC(C)(C)OC(=O)N[C@H](C(=O)NCCCOCCOCCOCCCNC(=O)[C@@H](NC(=O)OC(C)(C)C)c1ccccc1)c1ccccc1. The van der Waals surface area contributed by atoms with Gasteiger partial charge in [0, 0.05) is 26.3 Å². The van der Waals surface area contributed by atoms with Crippen molar-refractivity contribution in [3.63, 3.8) is 0 Å². The van der Waals surface area contributed by atoms with Crippen molar-refractivity contribution in [2.45, 2.75) is 77.7 Å². The van der Waals surface area contributed by atoms with E-state index in [1.54, 1.807) is 90.1 Å². The summed E-state index contributed by atoms with van der Waals surface area (Å²) >= 11 is 0. The van der Waals surface area contributed by atoms with Gasteiger partial charge in [0.1, 0.15) is 23.3 Å². The first-order valence-electron chi connectivity index (χ1n) is 16.6. The number of alkyl carbamates (subject to hydrolysis) is 2. The summed E-state index contributed by atoms with van der Waals surface area (Å²) in [6.07, 6.45) is -0.166. The molecule has 0 bridgehead atoms. The Morgan fingerprint density at radius 1 is 0.531 bits per heavy atom. The molecule has 13 heteroatoms. The molecule has 13 nitrogen and oxygen atoms in total. The monoisotopic (exact) mass is 686 g/mol. The summed E-state index contributed by atoms with van der Waals surface area (Å²) in [5, 5.41) is 11.0. The molecule has 2 aromatic rings. The van der Waals surface area contributed by atoms with E-state index in [1.165, 1.54) is 0 Å². The average molecular weight is 687 g/mol. The smallest absolute Gasteiger partial charge is 0.408 e. The van der Waals surface area contributed by atoms with Crippen molar-refractivity contribution < 1.29 is 42.9 Å². The highest BCUT2D eigenvalue weighted by atomic mass is 16.6. The fourth-order valence-corrected chi connectivity index (χ4v) is 4.26. The lowest BCUT2D eigenvalue weighted by molar-refractivity contribution is -0.124. The van der Waals surface area contributed by atoms with Crippen LogP contribution in [0, 0.1) is 0 Å². The second-order valence-electron chi connectivity index (χ2n) is 13.1. The standard InChI is InChI=1S/C36H54N4O9/c1-35(2,3)48-33(43)39-29(27-15-9-7-10-16-27)31(41)37-19-13-21-45-23-25-47-26-24-46-22-14-20-38-32(42)30(28-17-11-8-12-18-28)40-34(44)49-36(4,5)6/h7-12,15-18,29-30H,13-14,19-26H2,1-6H3,(H,37,41)(H,38,42)(H,39,43)(H,40,44)/t29-,30-/m0/s1. The number of carbonyl (C=O) groups excluding carboxylic acids is 4. The molecule has 0 aliphatic carbocycles. The Morgan fingerprint density at radius 3 is 1.18 bits per heavy atom. The van der Waals surface area contributed by atoms with E-state index in [0.717, 1.165) is 0 Å². The maximum Gasteiger partial charge on any atom is 0.408 e. The third kappa shape index (κ3) is 18.8. The second-order valence-corrected chi connectivity index (χ2v) is 13.1. The van der Waals surface area contributed by atoms with Crippen LogP contribution in [0.1, 0.15) is 77.6 Å². The molecule has 49 heavy (non-hydrogen) atoms. The van der Waals surface area contributed by atoms with Gasteiger partial charge in [-0.25, -0.2) is 9.59 Å². The number of ether oxygens (including phenoxy) is 5. The van der Waals surface area contributed by atoms with Crippen molar-refractivity contribution in [3.8, 4) is 0 Å². The number of nitrogens with one attached hydrogen (secondary N) is 4. The van der Waals surface area contributed by atoms with Crippen LogP contribution in [0.3, 0.4) is 0 Å². The van der Waals surface area contributed by atoms with Gasteiger partial charge in [0.15, 0.2) is 0 Å². The lowest BCUT2D eigenvalue weighted by Gasteiger charge is -2.23. The first kappa shape index (κ1) is 41.0. The second kappa shape index (κ2) is 21.7. The summed E-state index contributed by atoms with van der Waals surface area (Å²) in [6, 6.07) is 16.2. The average Bonchev–Trinajstić information content (AvgIpc) is 3.03. The molecule has 0 unspecified atom stereocenters. The van der Waals surface area contributed by atoms with Crippen molar-refractivity contribution >= 4 is 24.0 Å². The lowest BCUT2D eigenvalue weighted by Crippen LogP contribution is -2.42. The van der Waals surface area contributed by atoms with Crippen LogP contribution in [0.25, 0.3) is 0 Å². The van der Waals surface area contributed by atoms with Gasteiger partial charge in [-0.15, -0.1) is 0 Å². The van der Waals surface area contributed by atoms with E-state index in [9.17, 15) is 19.2 Å². The minimum absolute atomic E-state index is 0.339. The maximum absolute atomic E-state index is 12.9. The highest BCUT2D eigenvalue weighted by Gasteiger charge is 2.27. The van der Waals surface area contributed by atoms with Crippen molar-refractivity contribution in [2.75, 3.05) is 52.7 Å². The molecule has 4 amide bonds. The number of benzene rings is 2. The minimum Gasteiger partial charge on any atom is -0.444 e. The molecule has 4 N–H and O–H groups in total. The van der Waals surface area contributed by atoms with E-state index in [2.05, 4.69) is 21.3 Å². The third-order valence-electron chi connectivity index (χ3n) is 6.39. The quantitative estimate of drug-likeness (QED) is 0.146. The van der Waals surface area contributed by atoms with Gasteiger partial charge >= 0.3 is 12.2 Å². The molecule has 0 radical (unpaired) electrons. The summed E-state index contributed by atoms with van der Waals surface area (Å²) in [5.41, 5.74) is -0.0703. The molecule has 0 aliphatic rings. The Hall–Kier alpha value is -4.20. The van der Waals surface area contributed by atoms with E-state index >= 15 is 0 Å². The van der Waals surface area contributed by atoms with E-state index in [-0.39, 0.29) is 11.8 Å². The molecule has 2 atom stereocenters. The Balaban J connectivity index is 1.53. The molecular formula is C36H54N4O9. The predicted octanol–water partition coefficient (Wildman–Crippen LogP) is 4.58. The molecule has 0 saturated carbocycles. The van der Waals surface area contributed by atoms with Crippen LogP contribution < -0.4 is 21.3 Å². The Kier molecular flexibility index (Phi) is 18.1. The normalized spacial score (nSPS) is 12.7. The van der Waals surface area contributed by atoms with E-state index in [0.29, 0.717) is 76.7 Å². The summed E-state index contributed by atoms with van der Waals surface area (Å²) in [5.74, 6) is -0.677. The van der Waals surface area contributed by atoms with Gasteiger partial charge in [-0.05, 0) is 65.5 Å². The summed E-state index contributed by atoms with van der Waals surface area (Å²) < 4.78 is 27.3. The lowest BCUT2D eigenvalue weighted by atomic mass is 10.1. The van der Waals surface area contributed by atoms with Crippen LogP contribution in [0.5, 0.6) is 0 Å². The van der Waals surface area contributed by atoms with Crippen LogP contribution in [-0.2, 0) is 33.3 Å². The first-order valence-corrected chi connectivity index (χ1v) is 16.6. The van der Waals surface area contributed by atoms with Gasteiger partial charge < -0.3 is 45.0 Å². The van der Waals surface area contributed by atoms with Crippen LogP contribution in [0.2, 0.25) is 0 Å². The number of hydrogen-bond acceptors (Lipinski definition) is 9. The van der Waals surface area contributed by atoms with Crippen molar-refractivity contribution in [1.82, 2.24) is 21.3 Å². The zero-order valence-corrected chi connectivity index (χ0v) is 29.7. The van der Waals surface area contributed by atoms with Crippen LogP contribution >= 0.6 is 0 Å². The fraction of sp³-hybridized carbons (Fsp3) is 0.556. The predicted molar refractivity (Wildman–Crippen MR) is 185 cm³/mol. The Labute approximate surface area is 290 Å². The highest BCUT2D eigenvalue weighted by Crippen LogP contribution is 2.16. The van der Waals surface area contributed by atoms with Gasteiger partial charge in [0.25, 0.3) is 0 Å². The topological polar surface area (TPSA) is 163 Å². The first-order chi connectivity index (χ1) is 23.2. The highest BCUT2D eigenvalue weighted by molar-refractivity contribution is 5.87.